The van der Waals surface area contributed by atoms with Gasteiger partial charge in [-0.25, -0.2) is 4.79 Å². The largest absolute Gasteiger partial charge is 0.480 e. The zero-order valence-corrected chi connectivity index (χ0v) is 11.5. The van der Waals surface area contributed by atoms with Gasteiger partial charge in [-0.2, -0.15) is 13.2 Å². The number of alkyl halides is 3. The summed E-state index contributed by atoms with van der Waals surface area (Å²) in [5, 5.41) is 11.2. The van der Waals surface area contributed by atoms with E-state index < -0.39 is 23.6 Å². The highest BCUT2D eigenvalue weighted by molar-refractivity contribution is 5.80. The van der Waals surface area contributed by atoms with E-state index in [1.165, 1.54) is 13.8 Å². The van der Waals surface area contributed by atoms with Gasteiger partial charge in [0.2, 0.25) is 5.54 Å². The van der Waals surface area contributed by atoms with Crippen molar-refractivity contribution in [1.29, 1.82) is 0 Å². The van der Waals surface area contributed by atoms with Crippen molar-refractivity contribution < 1.29 is 23.1 Å². The summed E-state index contributed by atoms with van der Waals surface area (Å²) in [6.45, 7) is 8.19. The fourth-order valence-corrected chi connectivity index (χ4v) is 1.71. The van der Waals surface area contributed by atoms with Gasteiger partial charge in [-0.05, 0) is 24.3 Å². The van der Waals surface area contributed by atoms with Gasteiger partial charge in [0, 0.05) is 0 Å². The Bertz CT molecular complexity index is 295. The lowest BCUT2D eigenvalue weighted by Crippen LogP contribution is -2.66. The standard InChI is InChI=1S/C12H22F3NO2/c1-8(2)11(9(17)18,12(13,14)15)16-7-6-10(3,4)5/h8,16H,6-7H2,1-5H3,(H,17,18). The van der Waals surface area contributed by atoms with Crippen LogP contribution in [0, 0.1) is 11.3 Å². The molecular formula is C12H22F3NO2. The quantitative estimate of drug-likeness (QED) is 0.806. The number of rotatable bonds is 5. The summed E-state index contributed by atoms with van der Waals surface area (Å²) >= 11 is 0. The predicted molar refractivity (Wildman–Crippen MR) is 63.3 cm³/mol. The molecule has 3 nitrogen and oxygen atoms in total. The minimum Gasteiger partial charge on any atom is -0.480 e. The average Bonchev–Trinajstić information content (AvgIpc) is 2.06. The summed E-state index contributed by atoms with van der Waals surface area (Å²) in [7, 11) is 0. The van der Waals surface area contributed by atoms with Crippen molar-refractivity contribution in [3.63, 3.8) is 0 Å². The van der Waals surface area contributed by atoms with Crippen molar-refractivity contribution in [3.05, 3.63) is 0 Å². The van der Waals surface area contributed by atoms with Crippen molar-refractivity contribution in [2.75, 3.05) is 6.54 Å². The molecule has 0 radical (unpaired) electrons. The van der Waals surface area contributed by atoms with Crippen molar-refractivity contribution in [1.82, 2.24) is 5.32 Å². The molecule has 108 valence electrons. The molecule has 0 rings (SSSR count). The predicted octanol–water partition coefficient (Wildman–Crippen LogP) is 3.05. The van der Waals surface area contributed by atoms with Gasteiger partial charge in [-0.3, -0.25) is 5.32 Å². The van der Waals surface area contributed by atoms with Gasteiger partial charge in [-0.1, -0.05) is 34.6 Å². The Kier molecular flexibility index (Phi) is 5.23. The van der Waals surface area contributed by atoms with Gasteiger partial charge >= 0.3 is 12.1 Å². The van der Waals surface area contributed by atoms with Crippen molar-refractivity contribution in [2.24, 2.45) is 11.3 Å². The average molecular weight is 269 g/mol. The van der Waals surface area contributed by atoms with Crippen LogP contribution in [0.1, 0.15) is 41.0 Å². The molecule has 0 heterocycles. The Morgan fingerprint density at radius 2 is 1.67 bits per heavy atom. The summed E-state index contributed by atoms with van der Waals surface area (Å²) in [6.07, 6.45) is -4.37. The maximum atomic E-state index is 13.1. The lowest BCUT2D eigenvalue weighted by molar-refractivity contribution is -0.220. The highest BCUT2D eigenvalue weighted by Gasteiger charge is 2.62. The summed E-state index contributed by atoms with van der Waals surface area (Å²) in [6, 6.07) is 0. The lowest BCUT2D eigenvalue weighted by atomic mass is 9.84. The molecule has 0 aliphatic heterocycles. The molecule has 0 spiro atoms. The molecule has 0 aromatic carbocycles. The summed E-state index contributed by atoms with van der Waals surface area (Å²) in [5.74, 6) is -2.96. The first kappa shape index (κ1) is 17.2. The molecule has 0 fully saturated rings. The van der Waals surface area contributed by atoms with Crippen LogP contribution >= 0.6 is 0 Å². The number of nitrogens with one attached hydrogen (secondary N) is 1. The topological polar surface area (TPSA) is 49.3 Å². The molecule has 0 aromatic heterocycles. The van der Waals surface area contributed by atoms with Gasteiger partial charge in [0.05, 0.1) is 0 Å². The zero-order chi connectivity index (χ0) is 14.8. The van der Waals surface area contributed by atoms with Crippen LogP contribution < -0.4 is 5.32 Å². The Balaban J connectivity index is 5.06. The first-order valence-corrected chi connectivity index (χ1v) is 5.90. The van der Waals surface area contributed by atoms with E-state index in [9.17, 15) is 18.0 Å². The molecule has 1 unspecified atom stereocenters. The first-order valence-electron chi connectivity index (χ1n) is 5.90. The second-order valence-corrected chi connectivity index (χ2v) is 6.00. The molecule has 0 saturated carbocycles. The number of halogens is 3. The summed E-state index contributed by atoms with van der Waals surface area (Å²) in [4.78, 5) is 11.1. The number of carboxylic acid groups (broad SMARTS) is 1. The lowest BCUT2D eigenvalue weighted by Gasteiger charge is -2.36. The molecule has 0 aromatic rings. The van der Waals surface area contributed by atoms with Crippen LogP contribution in [0.2, 0.25) is 0 Å². The Morgan fingerprint density at radius 3 is 1.89 bits per heavy atom. The van der Waals surface area contributed by atoms with Gasteiger partial charge in [0.15, 0.2) is 0 Å². The molecule has 0 amide bonds. The molecule has 1 atom stereocenters. The molecule has 18 heavy (non-hydrogen) atoms. The van der Waals surface area contributed by atoms with Crippen LogP contribution in [0.25, 0.3) is 0 Å². The minimum atomic E-state index is -4.83. The van der Waals surface area contributed by atoms with Crippen LogP contribution in [-0.2, 0) is 4.79 Å². The molecule has 6 heteroatoms. The van der Waals surface area contributed by atoms with E-state index >= 15 is 0 Å². The summed E-state index contributed by atoms with van der Waals surface area (Å²) < 4.78 is 39.2. The van der Waals surface area contributed by atoms with E-state index in [2.05, 4.69) is 5.32 Å². The smallest absolute Gasteiger partial charge is 0.417 e. The van der Waals surface area contributed by atoms with E-state index in [0.717, 1.165) is 0 Å². The fraction of sp³-hybridized carbons (Fsp3) is 0.917. The van der Waals surface area contributed by atoms with E-state index in [0.29, 0.717) is 6.42 Å². The maximum absolute atomic E-state index is 13.1. The zero-order valence-electron chi connectivity index (χ0n) is 11.5. The van der Waals surface area contributed by atoms with Gasteiger partial charge < -0.3 is 5.11 Å². The number of hydrogen-bond acceptors (Lipinski definition) is 2. The summed E-state index contributed by atoms with van der Waals surface area (Å²) in [5.41, 5.74) is -3.03. The van der Waals surface area contributed by atoms with Crippen molar-refractivity contribution >= 4 is 5.97 Å². The van der Waals surface area contributed by atoms with E-state index in [4.69, 9.17) is 5.11 Å². The van der Waals surface area contributed by atoms with Crippen LogP contribution in [0.5, 0.6) is 0 Å². The SMILES string of the molecule is CC(C)C(NCCC(C)(C)C)(C(=O)O)C(F)(F)F. The normalized spacial score (nSPS) is 16.7. The molecule has 2 N–H and O–H groups in total. The highest BCUT2D eigenvalue weighted by Crippen LogP contribution is 2.37. The Hall–Kier alpha value is -0.780. The third-order valence-corrected chi connectivity index (χ3v) is 2.93. The third kappa shape index (κ3) is 3.86. The van der Waals surface area contributed by atoms with E-state index in [1.54, 1.807) is 0 Å². The highest BCUT2D eigenvalue weighted by atomic mass is 19.4. The molecule has 0 aliphatic carbocycles. The number of aliphatic carboxylic acids is 1. The second-order valence-electron chi connectivity index (χ2n) is 6.00. The number of hydrogen-bond donors (Lipinski definition) is 2. The maximum Gasteiger partial charge on any atom is 0.417 e. The molecule has 0 saturated heterocycles. The molecular weight excluding hydrogens is 247 g/mol. The van der Waals surface area contributed by atoms with Crippen LogP contribution in [-0.4, -0.2) is 29.3 Å². The first-order chi connectivity index (χ1) is 7.84. The Labute approximate surface area is 106 Å². The molecule has 0 aliphatic rings. The Morgan fingerprint density at radius 1 is 1.22 bits per heavy atom. The van der Waals surface area contributed by atoms with Crippen molar-refractivity contribution in [2.45, 2.75) is 52.8 Å². The minimum absolute atomic E-state index is 0.00743. The van der Waals surface area contributed by atoms with Crippen LogP contribution in [0.4, 0.5) is 13.2 Å². The van der Waals surface area contributed by atoms with E-state index in [1.807, 2.05) is 20.8 Å². The van der Waals surface area contributed by atoms with E-state index in [-0.39, 0.29) is 12.0 Å². The monoisotopic (exact) mass is 269 g/mol. The molecule has 0 bridgehead atoms. The number of carboxylic acids is 1. The fourth-order valence-electron chi connectivity index (χ4n) is 1.71. The van der Waals surface area contributed by atoms with Gasteiger partial charge in [0.1, 0.15) is 0 Å². The van der Waals surface area contributed by atoms with Crippen LogP contribution in [0.3, 0.4) is 0 Å². The number of carbonyl (C=O) groups is 1. The van der Waals surface area contributed by atoms with Gasteiger partial charge in [-0.15, -0.1) is 0 Å². The van der Waals surface area contributed by atoms with Crippen LogP contribution in [0.15, 0.2) is 0 Å². The van der Waals surface area contributed by atoms with Gasteiger partial charge in [0.25, 0.3) is 0 Å². The second kappa shape index (κ2) is 5.47. The van der Waals surface area contributed by atoms with Crippen molar-refractivity contribution in [3.8, 4) is 0 Å². The third-order valence-electron chi connectivity index (χ3n) is 2.93.